The number of nitrogens with zero attached hydrogens (tertiary/aromatic N) is 4. The number of fused-ring (bicyclic) bond motifs is 3. The van der Waals surface area contributed by atoms with E-state index in [1.165, 1.54) is 36.6 Å². The fourth-order valence-corrected chi connectivity index (χ4v) is 5.57. The van der Waals surface area contributed by atoms with Gasteiger partial charge in [-0.25, -0.2) is 9.97 Å². The van der Waals surface area contributed by atoms with Gasteiger partial charge >= 0.3 is 0 Å². The summed E-state index contributed by atoms with van der Waals surface area (Å²) in [5.74, 6) is 1.09. The Morgan fingerprint density at radius 2 is 1.85 bits per heavy atom. The van der Waals surface area contributed by atoms with Crippen molar-refractivity contribution in [3.05, 3.63) is 53.7 Å². The highest BCUT2D eigenvalue weighted by Gasteiger charge is 2.42. The zero-order valence-corrected chi connectivity index (χ0v) is 15.9. The van der Waals surface area contributed by atoms with Crippen molar-refractivity contribution in [3.8, 4) is 0 Å². The summed E-state index contributed by atoms with van der Waals surface area (Å²) in [4.78, 5) is 15.3. The maximum atomic E-state index is 4.62. The second-order valence-corrected chi connectivity index (χ2v) is 8.51. The molecular weight excluding hydrogens is 340 g/mol. The summed E-state index contributed by atoms with van der Waals surface area (Å²) in [6, 6.07) is 15.0. The van der Waals surface area contributed by atoms with E-state index in [9.17, 15) is 0 Å². The van der Waals surface area contributed by atoms with Crippen molar-refractivity contribution in [2.75, 3.05) is 11.9 Å². The monoisotopic (exact) mass is 364 g/mol. The number of benzene rings is 1. The first-order chi connectivity index (χ1) is 12.8. The number of thiophene rings is 1. The fourth-order valence-electron chi connectivity index (χ4n) is 4.85. The van der Waals surface area contributed by atoms with Crippen LogP contribution in [0, 0.1) is 0 Å². The molecule has 0 amide bonds. The Bertz CT molecular complexity index is 879. The Morgan fingerprint density at radius 1 is 1.08 bits per heavy atom. The van der Waals surface area contributed by atoms with Crippen molar-refractivity contribution < 1.29 is 0 Å². The zero-order valence-electron chi connectivity index (χ0n) is 15.1. The van der Waals surface area contributed by atoms with E-state index in [1.807, 2.05) is 0 Å². The van der Waals surface area contributed by atoms with Crippen molar-refractivity contribution >= 4 is 27.4 Å². The minimum Gasteiger partial charge on any atom is -0.356 e. The highest BCUT2D eigenvalue weighted by Crippen LogP contribution is 2.40. The molecule has 2 fully saturated rings. The lowest BCUT2D eigenvalue weighted by Crippen LogP contribution is -2.49. The van der Waals surface area contributed by atoms with E-state index in [2.05, 4.69) is 68.6 Å². The molecule has 134 valence electrons. The standard InChI is InChI=1S/C21H24N4S/c1-24(20-19-9-10-26-21(19)23-14-22-20)18-11-16-7-8-17(12-18)25(16)13-15-5-3-2-4-6-15/h2-6,9-10,14,16-18H,7-8,11-13H2,1H3. The molecular formula is C21H24N4S. The molecule has 2 aromatic heterocycles. The first-order valence-corrected chi connectivity index (χ1v) is 10.4. The predicted molar refractivity (Wildman–Crippen MR) is 108 cm³/mol. The van der Waals surface area contributed by atoms with E-state index in [4.69, 9.17) is 0 Å². The van der Waals surface area contributed by atoms with Crippen LogP contribution in [0.5, 0.6) is 0 Å². The quantitative estimate of drug-likeness (QED) is 0.690. The smallest absolute Gasteiger partial charge is 0.140 e. The number of hydrogen-bond acceptors (Lipinski definition) is 5. The van der Waals surface area contributed by atoms with Gasteiger partial charge in [0.15, 0.2) is 0 Å². The largest absolute Gasteiger partial charge is 0.356 e. The number of hydrogen-bond donors (Lipinski definition) is 0. The molecule has 2 unspecified atom stereocenters. The van der Waals surface area contributed by atoms with Gasteiger partial charge < -0.3 is 4.90 Å². The van der Waals surface area contributed by atoms with Crippen molar-refractivity contribution in [1.82, 2.24) is 14.9 Å². The summed E-state index contributed by atoms with van der Waals surface area (Å²) < 4.78 is 0. The molecule has 0 saturated carbocycles. The first kappa shape index (κ1) is 16.2. The molecule has 2 atom stereocenters. The molecule has 0 N–H and O–H groups in total. The maximum Gasteiger partial charge on any atom is 0.140 e. The Kier molecular flexibility index (Phi) is 4.14. The van der Waals surface area contributed by atoms with Crippen LogP contribution in [0.3, 0.4) is 0 Å². The Hall–Kier alpha value is -1.98. The molecule has 4 heterocycles. The van der Waals surface area contributed by atoms with Gasteiger partial charge in [-0.3, -0.25) is 4.90 Å². The van der Waals surface area contributed by atoms with Crippen LogP contribution < -0.4 is 4.90 Å². The highest BCUT2D eigenvalue weighted by atomic mass is 32.1. The lowest BCUT2D eigenvalue weighted by Gasteiger charge is -2.42. The van der Waals surface area contributed by atoms with Crippen molar-refractivity contribution in [3.63, 3.8) is 0 Å². The topological polar surface area (TPSA) is 32.3 Å². The zero-order chi connectivity index (χ0) is 17.5. The van der Waals surface area contributed by atoms with Crippen LogP contribution in [0.25, 0.3) is 10.2 Å². The molecule has 2 saturated heterocycles. The third kappa shape index (κ3) is 2.79. The molecule has 26 heavy (non-hydrogen) atoms. The molecule has 0 spiro atoms. The van der Waals surface area contributed by atoms with Gasteiger partial charge in [0.05, 0.1) is 5.39 Å². The minimum absolute atomic E-state index is 0.567. The molecule has 0 radical (unpaired) electrons. The van der Waals surface area contributed by atoms with Crippen LogP contribution in [-0.4, -0.2) is 40.0 Å². The Morgan fingerprint density at radius 3 is 2.62 bits per heavy atom. The van der Waals surface area contributed by atoms with Crippen molar-refractivity contribution in [1.29, 1.82) is 0 Å². The summed E-state index contributed by atoms with van der Waals surface area (Å²) in [5, 5.41) is 3.31. The van der Waals surface area contributed by atoms with E-state index in [-0.39, 0.29) is 0 Å². The molecule has 2 aliphatic rings. The van der Waals surface area contributed by atoms with E-state index >= 15 is 0 Å². The van der Waals surface area contributed by atoms with Crippen LogP contribution in [0.2, 0.25) is 0 Å². The van der Waals surface area contributed by atoms with Gasteiger partial charge in [0, 0.05) is 31.7 Å². The van der Waals surface area contributed by atoms with Crippen LogP contribution >= 0.6 is 11.3 Å². The van der Waals surface area contributed by atoms with Crippen LogP contribution in [0.4, 0.5) is 5.82 Å². The summed E-state index contributed by atoms with van der Waals surface area (Å²) in [7, 11) is 2.22. The third-order valence-electron chi connectivity index (χ3n) is 6.19. The second kappa shape index (κ2) is 6.63. The molecule has 5 heteroatoms. The predicted octanol–water partition coefficient (Wildman–Crippen LogP) is 4.32. The molecule has 3 aromatic rings. The van der Waals surface area contributed by atoms with Gasteiger partial charge in [0.2, 0.25) is 0 Å². The third-order valence-corrected chi connectivity index (χ3v) is 7.01. The van der Waals surface area contributed by atoms with Gasteiger partial charge in [-0.1, -0.05) is 30.3 Å². The van der Waals surface area contributed by atoms with E-state index in [1.54, 1.807) is 17.7 Å². The van der Waals surface area contributed by atoms with Crippen LogP contribution in [0.15, 0.2) is 48.1 Å². The minimum atomic E-state index is 0.567. The summed E-state index contributed by atoms with van der Waals surface area (Å²) >= 11 is 1.69. The van der Waals surface area contributed by atoms with Crippen molar-refractivity contribution in [2.45, 2.75) is 50.4 Å². The fraction of sp³-hybridized carbons (Fsp3) is 0.429. The average Bonchev–Trinajstić information content (AvgIpc) is 3.23. The van der Waals surface area contributed by atoms with Gasteiger partial charge in [0.1, 0.15) is 17.0 Å². The highest BCUT2D eigenvalue weighted by molar-refractivity contribution is 7.16. The molecule has 2 bridgehead atoms. The lowest BCUT2D eigenvalue weighted by molar-refractivity contribution is 0.118. The Labute approximate surface area is 158 Å². The van der Waals surface area contributed by atoms with E-state index < -0.39 is 0 Å². The van der Waals surface area contributed by atoms with E-state index in [0.717, 1.165) is 17.2 Å². The SMILES string of the molecule is CN(c1ncnc2sccc12)C1CC2CCC(C1)N2Cc1ccccc1. The van der Waals surface area contributed by atoms with E-state index in [0.29, 0.717) is 18.1 Å². The second-order valence-electron chi connectivity index (χ2n) is 7.62. The van der Waals surface area contributed by atoms with Gasteiger partial charge in [-0.05, 0) is 42.7 Å². The van der Waals surface area contributed by atoms with Crippen LogP contribution in [-0.2, 0) is 6.54 Å². The molecule has 5 rings (SSSR count). The Balaban J connectivity index is 1.35. The molecule has 4 nitrogen and oxygen atoms in total. The van der Waals surface area contributed by atoms with Gasteiger partial charge in [-0.15, -0.1) is 11.3 Å². The first-order valence-electron chi connectivity index (χ1n) is 9.50. The van der Waals surface area contributed by atoms with Crippen LogP contribution in [0.1, 0.15) is 31.2 Å². The van der Waals surface area contributed by atoms with Crippen molar-refractivity contribution in [2.24, 2.45) is 0 Å². The number of rotatable bonds is 4. The number of aromatic nitrogens is 2. The summed E-state index contributed by atoms with van der Waals surface area (Å²) in [6.45, 7) is 1.09. The number of anilines is 1. The summed E-state index contributed by atoms with van der Waals surface area (Å²) in [6.07, 6.45) is 6.84. The molecule has 0 aliphatic carbocycles. The van der Waals surface area contributed by atoms with Gasteiger partial charge in [-0.2, -0.15) is 0 Å². The lowest BCUT2D eigenvalue weighted by atomic mass is 9.95. The summed E-state index contributed by atoms with van der Waals surface area (Å²) in [5.41, 5.74) is 1.44. The van der Waals surface area contributed by atoms with Gasteiger partial charge in [0.25, 0.3) is 0 Å². The molecule has 2 aliphatic heterocycles. The average molecular weight is 365 g/mol. The number of piperidine rings is 1. The maximum absolute atomic E-state index is 4.62. The molecule has 1 aromatic carbocycles. The normalized spacial score (nSPS) is 25.7.